The second-order valence-electron chi connectivity index (χ2n) is 6.80. The summed E-state index contributed by atoms with van der Waals surface area (Å²) in [5.41, 5.74) is 1.79. The topological polar surface area (TPSA) is 67.6 Å². The van der Waals surface area contributed by atoms with Crippen LogP contribution in [0.3, 0.4) is 0 Å². The second kappa shape index (κ2) is 7.12. The van der Waals surface area contributed by atoms with Gasteiger partial charge in [-0.3, -0.25) is 14.0 Å². The van der Waals surface area contributed by atoms with Crippen LogP contribution in [0, 0.1) is 12.8 Å². The summed E-state index contributed by atoms with van der Waals surface area (Å²) in [6, 6.07) is 8.69. The van der Waals surface area contributed by atoms with Crippen LogP contribution >= 0.6 is 11.6 Å². The molecule has 0 saturated carbocycles. The quantitative estimate of drug-likeness (QED) is 0.651. The summed E-state index contributed by atoms with van der Waals surface area (Å²) >= 11 is 5.91. The van der Waals surface area contributed by atoms with Crippen molar-refractivity contribution in [3.8, 4) is 0 Å². The van der Waals surface area contributed by atoms with Crippen molar-refractivity contribution in [2.75, 3.05) is 13.1 Å². The fourth-order valence-corrected chi connectivity index (χ4v) is 3.76. The number of ketones is 1. The van der Waals surface area contributed by atoms with Crippen LogP contribution in [-0.4, -0.2) is 44.0 Å². The van der Waals surface area contributed by atoms with Gasteiger partial charge in [0.25, 0.3) is 5.91 Å². The maximum atomic E-state index is 13.2. The lowest BCUT2D eigenvalue weighted by Gasteiger charge is -2.32. The van der Waals surface area contributed by atoms with E-state index in [1.807, 2.05) is 6.92 Å². The number of amides is 1. The molecule has 0 unspecified atom stereocenters. The number of nitrogens with zero attached hydrogens (tertiary/aromatic N) is 4. The predicted octanol–water partition coefficient (Wildman–Crippen LogP) is 3.43. The van der Waals surface area contributed by atoms with Gasteiger partial charge >= 0.3 is 0 Å². The van der Waals surface area contributed by atoms with Crippen LogP contribution < -0.4 is 0 Å². The number of carbonyl (C=O) groups is 2. The van der Waals surface area contributed by atoms with E-state index in [4.69, 9.17) is 11.6 Å². The minimum absolute atomic E-state index is 0.0562. The van der Waals surface area contributed by atoms with Gasteiger partial charge in [0.05, 0.1) is 5.69 Å². The van der Waals surface area contributed by atoms with Gasteiger partial charge in [-0.15, -0.1) is 0 Å². The van der Waals surface area contributed by atoms with Gasteiger partial charge < -0.3 is 4.90 Å². The third-order valence-electron chi connectivity index (χ3n) is 4.99. The summed E-state index contributed by atoms with van der Waals surface area (Å²) in [6.07, 6.45) is 5.01. The van der Waals surface area contributed by atoms with Gasteiger partial charge in [0, 0.05) is 42.0 Å². The Hall–Kier alpha value is -2.73. The van der Waals surface area contributed by atoms with Crippen molar-refractivity contribution in [3.63, 3.8) is 0 Å². The Labute approximate surface area is 161 Å². The maximum absolute atomic E-state index is 13.2. The normalized spacial score (nSPS) is 17.3. The van der Waals surface area contributed by atoms with Crippen molar-refractivity contribution >= 4 is 29.1 Å². The second-order valence-corrected chi connectivity index (χ2v) is 7.23. The van der Waals surface area contributed by atoms with Crippen molar-refractivity contribution in [1.82, 2.24) is 19.3 Å². The van der Waals surface area contributed by atoms with Crippen LogP contribution in [0.4, 0.5) is 0 Å². The molecule has 7 heteroatoms. The minimum atomic E-state index is -0.207. The van der Waals surface area contributed by atoms with Crippen molar-refractivity contribution < 1.29 is 9.59 Å². The number of hydrogen-bond acceptors (Lipinski definition) is 4. The van der Waals surface area contributed by atoms with Crippen molar-refractivity contribution in [2.24, 2.45) is 5.92 Å². The van der Waals surface area contributed by atoms with Gasteiger partial charge in [0.2, 0.25) is 5.78 Å². The molecule has 3 heterocycles. The summed E-state index contributed by atoms with van der Waals surface area (Å²) in [4.78, 5) is 36.3. The molecule has 27 heavy (non-hydrogen) atoms. The highest BCUT2D eigenvalue weighted by Gasteiger charge is 2.31. The Morgan fingerprint density at radius 3 is 2.78 bits per heavy atom. The summed E-state index contributed by atoms with van der Waals surface area (Å²) in [7, 11) is 0. The van der Waals surface area contributed by atoms with Crippen LogP contribution in [0.2, 0.25) is 5.02 Å². The number of fused-ring (bicyclic) bond motifs is 1. The van der Waals surface area contributed by atoms with Gasteiger partial charge in [-0.1, -0.05) is 11.6 Å². The van der Waals surface area contributed by atoms with E-state index in [1.165, 1.54) is 0 Å². The molecule has 2 aromatic heterocycles. The Balaban J connectivity index is 1.57. The predicted molar refractivity (Wildman–Crippen MR) is 102 cm³/mol. The first kappa shape index (κ1) is 17.7. The highest BCUT2D eigenvalue weighted by Crippen LogP contribution is 2.24. The van der Waals surface area contributed by atoms with Gasteiger partial charge in [-0.25, -0.2) is 9.97 Å². The molecule has 1 amide bonds. The van der Waals surface area contributed by atoms with Crippen molar-refractivity contribution in [2.45, 2.75) is 19.8 Å². The largest absolute Gasteiger partial charge is 0.337 e. The summed E-state index contributed by atoms with van der Waals surface area (Å²) in [5, 5.41) is 0.601. The average molecular weight is 383 g/mol. The number of halogens is 1. The van der Waals surface area contributed by atoms with Crippen LogP contribution in [0.15, 0.2) is 42.7 Å². The molecule has 1 atom stereocenters. The first-order valence-electron chi connectivity index (χ1n) is 8.93. The van der Waals surface area contributed by atoms with E-state index in [0.717, 1.165) is 12.8 Å². The molecule has 0 bridgehead atoms. The molecule has 4 rings (SSSR count). The Morgan fingerprint density at radius 1 is 1.22 bits per heavy atom. The van der Waals surface area contributed by atoms with E-state index in [-0.39, 0.29) is 17.6 Å². The fraction of sp³-hybridized carbons (Fsp3) is 0.300. The third-order valence-corrected chi connectivity index (χ3v) is 5.24. The van der Waals surface area contributed by atoms with Crippen LogP contribution in [0.1, 0.15) is 39.4 Å². The lowest BCUT2D eigenvalue weighted by Crippen LogP contribution is -2.43. The Morgan fingerprint density at radius 2 is 2.00 bits per heavy atom. The van der Waals surface area contributed by atoms with Gasteiger partial charge in [-0.2, -0.15) is 0 Å². The summed E-state index contributed by atoms with van der Waals surface area (Å²) < 4.78 is 1.71. The number of piperidine rings is 1. The average Bonchev–Trinajstić information content (AvgIpc) is 3.03. The van der Waals surface area contributed by atoms with Crippen molar-refractivity contribution in [3.05, 3.63) is 64.7 Å². The molecule has 1 aliphatic heterocycles. The van der Waals surface area contributed by atoms with Crippen molar-refractivity contribution in [1.29, 1.82) is 0 Å². The standard InChI is InChI=1S/C20H19ClN4O2/c1-13-17(25-11-3-9-22-20(25)23-13)19(27)24-10-2-4-15(12-24)18(26)14-5-7-16(21)8-6-14/h3,5-9,11,15H,2,4,10,12H2,1H3/t15-/m1/s1. The molecular weight excluding hydrogens is 364 g/mol. The van der Waals surface area contributed by atoms with E-state index >= 15 is 0 Å². The zero-order valence-electron chi connectivity index (χ0n) is 14.9. The summed E-state index contributed by atoms with van der Waals surface area (Å²) in [6.45, 7) is 2.85. The molecule has 3 aromatic rings. The number of carbonyl (C=O) groups excluding carboxylic acids is 2. The number of aromatic nitrogens is 3. The SMILES string of the molecule is Cc1nc2ncccn2c1C(=O)N1CCC[C@@H](C(=O)c2ccc(Cl)cc2)C1. The fourth-order valence-electron chi connectivity index (χ4n) is 3.63. The van der Waals surface area contributed by atoms with E-state index < -0.39 is 0 Å². The number of rotatable bonds is 3. The van der Waals surface area contributed by atoms with E-state index in [9.17, 15) is 9.59 Å². The Bertz CT molecular complexity index is 1010. The lowest BCUT2D eigenvalue weighted by atomic mass is 9.90. The van der Waals surface area contributed by atoms with Crippen LogP contribution in [0.5, 0.6) is 0 Å². The zero-order valence-corrected chi connectivity index (χ0v) is 15.7. The molecule has 1 saturated heterocycles. The highest BCUT2D eigenvalue weighted by atomic mass is 35.5. The molecule has 138 valence electrons. The van der Waals surface area contributed by atoms with Gasteiger partial charge in [-0.05, 0) is 50.1 Å². The molecule has 1 aromatic carbocycles. The molecular formula is C20H19ClN4O2. The van der Waals surface area contributed by atoms with E-state index in [0.29, 0.717) is 40.8 Å². The number of benzene rings is 1. The van der Waals surface area contributed by atoms with Crippen LogP contribution in [0.25, 0.3) is 5.78 Å². The molecule has 0 aliphatic carbocycles. The van der Waals surface area contributed by atoms with E-state index in [2.05, 4.69) is 9.97 Å². The molecule has 6 nitrogen and oxygen atoms in total. The Kier molecular flexibility index (Phi) is 4.66. The molecule has 1 fully saturated rings. The first-order chi connectivity index (χ1) is 13.0. The number of likely N-dealkylation sites (tertiary alicyclic amines) is 1. The summed E-state index contributed by atoms with van der Waals surface area (Å²) in [5.74, 6) is 0.243. The smallest absolute Gasteiger partial charge is 0.272 e. The molecule has 0 spiro atoms. The van der Waals surface area contributed by atoms with Crippen LogP contribution in [-0.2, 0) is 0 Å². The molecule has 1 aliphatic rings. The monoisotopic (exact) mass is 382 g/mol. The number of imidazole rings is 1. The minimum Gasteiger partial charge on any atom is -0.337 e. The van der Waals surface area contributed by atoms with Gasteiger partial charge in [0.15, 0.2) is 5.78 Å². The molecule has 0 N–H and O–H groups in total. The number of aryl methyl sites for hydroxylation is 1. The first-order valence-corrected chi connectivity index (χ1v) is 9.31. The van der Waals surface area contributed by atoms with E-state index in [1.54, 1.807) is 52.0 Å². The molecule has 0 radical (unpaired) electrons. The lowest BCUT2D eigenvalue weighted by molar-refractivity contribution is 0.0630. The number of Topliss-reactive ketones (excluding diaryl/α,β-unsaturated/α-hetero) is 1. The zero-order chi connectivity index (χ0) is 19.0. The third kappa shape index (κ3) is 3.32. The number of hydrogen-bond donors (Lipinski definition) is 0. The van der Waals surface area contributed by atoms with Gasteiger partial charge in [0.1, 0.15) is 5.69 Å². The highest BCUT2D eigenvalue weighted by molar-refractivity contribution is 6.30. The maximum Gasteiger partial charge on any atom is 0.272 e.